The summed E-state index contributed by atoms with van der Waals surface area (Å²) in [6.07, 6.45) is 1.90. The lowest BCUT2D eigenvalue weighted by molar-refractivity contribution is -0.121. The van der Waals surface area contributed by atoms with Crippen molar-refractivity contribution in [1.82, 2.24) is 5.32 Å². The first kappa shape index (κ1) is 14.3. The second-order valence-corrected chi connectivity index (χ2v) is 4.60. The van der Waals surface area contributed by atoms with Crippen molar-refractivity contribution in [3.63, 3.8) is 0 Å². The van der Waals surface area contributed by atoms with Gasteiger partial charge >= 0.3 is 0 Å². The van der Waals surface area contributed by atoms with Gasteiger partial charge in [-0.25, -0.2) is 0 Å². The topological polar surface area (TPSA) is 70.0 Å². The van der Waals surface area contributed by atoms with Gasteiger partial charge in [0.05, 0.1) is 6.07 Å². The molecule has 0 bridgehead atoms. The number of rotatable bonds is 4. The summed E-state index contributed by atoms with van der Waals surface area (Å²) in [6.45, 7) is 1.79. The maximum Gasteiger partial charge on any atom is 0.245 e. The number of carbonyl (C=O) groups is 2. The quantitative estimate of drug-likeness (QED) is 0.510. The fourth-order valence-electron chi connectivity index (χ4n) is 1.53. The highest BCUT2D eigenvalue weighted by Crippen LogP contribution is 2.21. The van der Waals surface area contributed by atoms with Crippen molar-refractivity contribution in [2.45, 2.75) is 11.8 Å². The zero-order valence-electron chi connectivity index (χ0n) is 10.5. The lowest BCUT2D eigenvalue weighted by Gasteiger charge is -2.10. The van der Waals surface area contributed by atoms with E-state index in [9.17, 15) is 9.59 Å². The molecular formula is C13H14N2O2S. The van der Waals surface area contributed by atoms with Gasteiger partial charge in [0, 0.05) is 17.5 Å². The normalized spacial score (nSPS) is 11.4. The zero-order chi connectivity index (χ0) is 13.7. The number of carbonyl (C=O) groups excluding carboxylic acids is 2. The lowest BCUT2D eigenvalue weighted by atomic mass is 9.95. The first-order chi connectivity index (χ1) is 8.54. The Labute approximate surface area is 110 Å². The van der Waals surface area contributed by atoms with E-state index in [-0.39, 0.29) is 0 Å². The molecule has 0 fully saturated rings. The average Bonchev–Trinajstić information content (AvgIpc) is 2.39. The van der Waals surface area contributed by atoms with E-state index < -0.39 is 17.6 Å². The van der Waals surface area contributed by atoms with Crippen molar-refractivity contribution < 1.29 is 9.59 Å². The summed E-state index contributed by atoms with van der Waals surface area (Å²) in [5.74, 6) is -2.31. The lowest BCUT2D eigenvalue weighted by Crippen LogP contribution is -2.32. The molecule has 0 aliphatic carbocycles. The van der Waals surface area contributed by atoms with Crippen LogP contribution in [0.1, 0.15) is 15.9 Å². The number of amides is 1. The molecule has 0 aliphatic heterocycles. The Bertz CT molecular complexity index is 520. The van der Waals surface area contributed by atoms with Crippen LogP contribution in [0.5, 0.6) is 0 Å². The molecule has 0 saturated heterocycles. The molecule has 0 heterocycles. The van der Waals surface area contributed by atoms with Crippen molar-refractivity contribution in [3.8, 4) is 6.07 Å². The maximum atomic E-state index is 12.2. The SMILES string of the molecule is CNC(=O)C(C#N)C(=O)c1cc(SC)ccc1C. The van der Waals surface area contributed by atoms with Crippen LogP contribution in [0.3, 0.4) is 0 Å². The molecule has 1 unspecified atom stereocenters. The predicted molar refractivity (Wildman–Crippen MR) is 70.5 cm³/mol. The Morgan fingerprint density at radius 1 is 1.44 bits per heavy atom. The number of hydrogen-bond acceptors (Lipinski definition) is 4. The second-order valence-electron chi connectivity index (χ2n) is 3.72. The Morgan fingerprint density at radius 2 is 2.11 bits per heavy atom. The molecule has 0 saturated carbocycles. The average molecular weight is 262 g/mol. The number of nitrogens with zero attached hydrogens (tertiary/aromatic N) is 1. The minimum atomic E-state index is -1.29. The molecule has 5 heteroatoms. The van der Waals surface area contributed by atoms with Crippen molar-refractivity contribution in [1.29, 1.82) is 5.26 Å². The summed E-state index contributed by atoms with van der Waals surface area (Å²) in [7, 11) is 1.41. The molecule has 4 nitrogen and oxygen atoms in total. The third kappa shape index (κ3) is 2.90. The number of thioether (sulfide) groups is 1. The predicted octanol–water partition coefficient (Wildman–Crippen LogP) is 1.79. The highest BCUT2D eigenvalue weighted by atomic mass is 32.2. The number of benzene rings is 1. The van der Waals surface area contributed by atoms with Crippen LogP contribution >= 0.6 is 11.8 Å². The van der Waals surface area contributed by atoms with E-state index in [1.54, 1.807) is 19.1 Å². The molecule has 18 heavy (non-hydrogen) atoms. The van der Waals surface area contributed by atoms with E-state index in [1.807, 2.05) is 18.4 Å². The van der Waals surface area contributed by atoms with Gasteiger partial charge in [0.2, 0.25) is 5.91 Å². The number of hydrogen-bond donors (Lipinski definition) is 1. The van der Waals surface area contributed by atoms with Crippen LogP contribution in [-0.2, 0) is 4.79 Å². The van der Waals surface area contributed by atoms with Gasteiger partial charge in [0.1, 0.15) is 0 Å². The second kappa shape index (κ2) is 6.22. The van der Waals surface area contributed by atoms with Crippen molar-refractivity contribution in [3.05, 3.63) is 29.3 Å². The number of nitriles is 1. The maximum absolute atomic E-state index is 12.2. The van der Waals surface area contributed by atoms with Crippen LogP contribution in [0, 0.1) is 24.2 Å². The van der Waals surface area contributed by atoms with Gasteiger partial charge in [-0.05, 0) is 30.9 Å². The molecule has 0 aliphatic rings. The smallest absolute Gasteiger partial charge is 0.245 e. The molecule has 1 rings (SSSR count). The summed E-state index contributed by atoms with van der Waals surface area (Å²) in [6, 6.07) is 7.18. The number of Topliss-reactive ketones (excluding diaryl/α,β-unsaturated/α-hetero) is 1. The fourth-order valence-corrected chi connectivity index (χ4v) is 1.97. The van der Waals surface area contributed by atoms with Gasteiger partial charge in [0.15, 0.2) is 11.7 Å². The Kier molecular flexibility index (Phi) is 4.93. The first-order valence-corrected chi connectivity index (χ1v) is 6.57. The Hall–Kier alpha value is -1.80. The van der Waals surface area contributed by atoms with Gasteiger partial charge < -0.3 is 5.32 Å². The van der Waals surface area contributed by atoms with Gasteiger partial charge in [-0.3, -0.25) is 9.59 Å². The van der Waals surface area contributed by atoms with Gasteiger partial charge in [-0.1, -0.05) is 6.07 Å². The molecular weight excluding hydrogens is 248 g/mol. The molecule has 0 radical (unpaired) electrons. The van der Waals surface area contributed by atoms with Crippen LogP contribution < -0.4 is 5.32 Å². The molecule has 1 aromatic rings. The number of aryl methyl sites for hydroxylation is 1. The van der Waals surface area contributed by atoms with E-state index in [0.29, 0.717) is 5.56 Å². The molecule has 0 aromatic heterocycles. The van der Waals surface area contributed by atoms with Crippen molar-refractivity contribution in [2.75, 3.05) is 13.3 Å². The largest absolute Gasteiger partial charge is 0.358 e. The summed E-state index contributed by atoms with van der Waals surface area (Å²) in [5.41, 5.74) is 1.19. The van der Waals surface area contributed by atoms with Gasteiger partial charge in [0.25, 0.3) is 0 Å². The van der Waals surface area contributed by atoms with E-state index >= 15 is 0 Å². The summed E-state index contributed by atoms with van der Waals surface area (Å²) < 4.78 is 0. The molecule has 1 aromatic carbocycles. The molecule has 1 N–H and O–H groups in total. The zero-order valence-corrected chi connectivity index (χ0v) is 11.3. The fraction of sp³-hybridized carbons (Fsp3) is 0.308. The van der Waals surface area contributed by atoms with Crippen LogP contribution in [0.2, 0.25) is 0 Å². The number of ketones is 1. The van der Waals surface area contributed by atoms with Crippen LogP contribution in [-0.4, -0.2) is 25.0 Å². The van der Waals surface area contributed by atoms with Crippen LogP contribution in [0.4, 0.5) is 0 Å². The van der Waals surface area contributed by atoms with Crippen molar-refractivity contribution in [2.24, 2.45) is 5.92 Å². The molecule has 1 amide bonds. The minimum absolute atomic E-state index is 0.428. The summed E-state index contributed by atoms with van der Waals surface area (Å²) in [5, 5.41) is 11.3. The molecule has 0 spiro atoms. The highest BCUT2D eigenvalue weighted by molar-refractivity contribution is 7.98. The van der Waals surface area contributed by atoms with E-state index in [0.717, 1.165) is 10.5 Å². The van der Waals surface area contributed by atoms with Gasteiger partial charge in [-0.15, -0.1) is 11.8 Å². The van der Waals surface area contributed by atoms with Gasteiger partial charge in [-0.2, -0.15) is 5.26 Å². The van der Waals surface area contributed by atoms with E-state index in [1.165, 1.54) is 18.8 Å². The first-order valence-electron chi connectivity index (χ1n) is 5.35. The van der Waals surface area contributed by atoms with E-state index in [4.69, 9.17) is 5.26 Å². The Balaban J connectivity index is 3.17. The minimum Gasteiger partial charge on any atom is -0.358 e. The highest BCUT2D eigenvalue weighted by Gasteiger charge is 2.27. The third-order valence-corrected chi connectivity index (χ3v) is 3.34. The molecule has 1 atom stereocenters. The van der Waals surface area contributed by atoms with Crippen LogP contribution in [0.25, 0.3) is 0 Å². The molecule has 94 valence electrons. The third-order valence-electron chi connectivity index (χ3n) is 2.61. The summed E-state index contributed by atoms with van der Waals surface area (Å²) in [4.78, 5) is 24.6. The Morgan fingerprint density at radius 3 is 2.61 bits per heavy atom. The monoisotopic (exact) mass is 262 g/mol. The van der Waals surface area contributed by atoms with Crippen molar-refractivity contribution >= 4 is 23.5 Å². The van der Waals surface area contributed by atoms with E-state index in [2.05, 4.69) is 5.32 Å². The standard InChI is InChI=1S/C13H14N2O2S/c1-8-4-5-9(18-3)6-10(8)12(16)11(7-14)13(17)15-2/h4-6,11H,1-3H3,(H,15,17). The van der Waals surface area contributed by atoms with Crippen LogP contribution in [0.15, 0.2) is 23.1 Å². The number of nitrogens with one attached hydrogen (secondary N) is 1. The summed E-state index contributed by atoms with van der Waals surface area (Å²) >= 11 is 1.51.